The quantitative estimate of drug-likeness (QED) is 0.685. The Labute approximate surface area is 125 Å². The molecule has 7 heteroatoms. The maximum Gasteiger partial charge on any atom is 0.267 e. The lowest BCUT2D eigenvalue weighted by Crippen LogP contribution is -2.09. The molecular formula is C12H8BrN3OS2. The number of benzene rings is 1. The summed E-state index contributed by atoms with van der Waals surface area (Å²) < 4.78 is 1.92. The largest absolute Gasteiger partial charge is 0.399 e. The molecule has 1 amide bonds. The SMILES string of the molecule is Nc1ccc2sc(C(=O)Nc3ncc(Br)s3)cc2c1. The van der Waals surface area contributed by atoms with E-state index < -0.39 is 0 Å². The Bertz CT molecular complexity index is 765. The number of halogens is 1. The van der Waals surface area contributed by atoms with Gasteiger partial charge in [0.1, 0.15) is 0 Å². The number of hydrogen-bond acceptors (Lipinski definition) is 5. The van der Waals surface area contributed by atoms with Crippen LogP contribution in [0.25, 0.3) is 10.1 Å². The summed E-state index contributed by atoms with van der Waals surface area (Å²) in [6.07, 6.45) is 1.66. The number of nitrogen functional groups attached to an aromatic ring is 1. The maximum atomic E-state index is 12.1. The Morgan fingerprint density at radius 3 is 2.89 bits per heavy atom. The van der Waals surface area contributed by atoms with Gasteiger partial charge in [-0.25, -0.2) is 4.98 Å². The average molecular weight is 354 g/mol. The van der Waals surface area contributed by atoms with E-state index in [4.69, 9.17) is 5.73 Å². The lowest BCUT2D eigenvalue weighted by molar-refractivity contribution is 0.103. The number of thiophene rings is 1. The molecule has 0 saturated heterocycles. The van der Waals surface area contributed by atoms with Crippen LogP contribution < -0.4 is 11.1 Å². The zero-order valence-corrected chi connectivity index (χ0v) is 12.7. The van der Waals surface area contributed by atoms with Crippen molar-refractivity contribution in [1.82, 2.24) is 4.98 Å². The van der Waals surface area contributed by atoms with Crippen LogP contribution in [0.5, 0.6) is 0 Å². The Morgan fingerprint density at radius 2 is 2.16 bits per heavy atom. The number of nitrogens with one attached hydrogen (secondary N) is 1. The predicted octanol–water partition coefficient (Wildman–Crippen LogP) is 3.95. The average Bonchev–Trinajstić information content (AvgIpc) is 2.95. The van der Waals surface area contributed by atoms with Gasteiger partial charge < -0.3 is 5.73 Å². The topological polar surface area (TPSA) is 68.0 Å². The fraction of sp³-hybridized carbons (Fsp3) is 0. The van der Waals surface area contributed by atoms with Crippen LogP contribution >= 0.6 is 38.6 Å². The zero-order valence-electron chi connectivity index (χ0n) is 9.51. The summed E-state index contributed by atoms with van der Waals surface area (Å²) in [4.78, 5) is 16.8. The molecule has 0 aliphatic carbocycles. The molecular weight excluding hydrogens is 346 g/mol. The van der Waals surface area contributed by atoms with Gasteiger partial charge in [-0.15, -0.1) is 11.3 Å². The number of fused-ring (bicyclic) bond motifs is 1. The van der Waals surface area contributed by atoms with Gasteiger partial charge in [0.25, 0.3) is 5.91 Å². The molecule has 2 heterocycles. The summed E-state index contributed by atoms with van der Waals surface area (Å²) in [5.41, 5.74) is 6.42. The minimum atomic E-state index is -0.151. The minimum absolute atomic E-state index is 0.151. The van der Waals surface area contributed by atoms with E-state index in [9.17, 15) is 4.79 Å². The normalized spacial score (nSPS) is 10.8. The summed E-state index contributed by atoms with van der Waals surface area (Å²) in [6.45, 7) is 0. The van der Waals surface area contributed by atoms with Crippen molar-refractivity contribution in [2.24, 2.45) is 0 Å². The summed E-state index contributed by atoms with van der Waals surface area (Å²) in [6, 6.07) is 7.46. The van der Waals surface area contributed by atoms with E-state index in [0.717, 1.165) is 13.9 Å². The van der Waals surface area contributed by atoms with Crippen molar-refractivity contribution >= 4 is 65.4 Å². The standard InChI is InChI=1S/C12H8BrN3OS2/c13-10-5-15-12(19-10)16-11(17)9-4-6-3-7(14)1-2-8(6)18-9/h1-5H,14H2,(H,15,16,17). The van der Waals surface area contributed by atoms with Gasteiger partial charge in [-0.1, -0.05) is 11.3 Å². The van der Waals surface area contributed by atoms with E-state index >= 15 is 0 Å². The Hall–Kier alpha value is -1.44. The van der Waals surface area contributed by atoms with E-state index in [2.05, 4.69) is 26.2 Å². The third kappa shape index (κ3) is 2.63. The van der Waals surface area contributed by atoms with E-state index in [-0.39, 0.29) is 5.91 Å². The highest BCUT2D eigenvalue weighted by Gasteiger charge is 2.12. The Balaban J connectivity index is 1.89. The highest BCUT2D eigenvalue weighted by Crippen LogP contribution is 2.29. The number of carbonyl (C=O) groups is 1. The first-order chi connectivity index (χ1) is 9.11. The van der Waals surface area contributed by atoms with Gasteiger partial charge in [0.05, 0.1) is 14.9 Å². The molecule has 0 unspecified atom stereocenters. The van der Waals surface area contributed by atoms with Gasteiger partial charge in [0, 0.05) is 10.4 Å². The molecule has 3 N–H and O–H groups in total. The number of nitrogens with zero attached hydrogens (tertiary/aromatic N) is 1. The number of rotatable bonds is 2. The molecule has 3 aromatic rings. The highest BCUT2D eigenvalue weighted by atomic mass is 79.9. The first-order valence-electron chi connectivity index (χ1n) is 5.33. The Morgan fingerprint density at radius 1 is 1.32 bits per heavy atom. The van der Waals surface area contributed by atoms with Crippen LogP contribution in [0.3, 0.4) is 0 Å². The lowest BCUT2D eigenvalue weighted by atomic mass is 10.2. The fourth-order valence-electron chi connectivity index (χ4n) is 1.64. The Kier molecular flexibility index (Phi) is 3.26. The first-order valence-corrected chi connectivity index (χ1v) is 7.76. The number of anilines is 2. The fourth-order valence-corrected chi connectivity index (χ4v) is 3.68. The number of thiazole rings is 1. The monoisotopic (exact) mass is 353 g/mol. The van der Waals surface area contributed by atoms with Crippen LogP contribution in [0.15, 0.2) is 34.2 Å². The van der Waals surface area contributed by atoms with Crippen LogP contribution in [0.4, 0.5) is 10.8 Å². The zero-order chi connectivity index (χ0) is 13.4. The minimum Gasteiger partial charge on any atom is -0.399 e. The molecule has 0 fully saturated rings. The first kappa shape index (κ1) is 12.6. The number of carbonyl (C=O) groups excluding carboxylic acids is 1. The summed E-state index contributed by atoms with van der Waals surface area (Å²) in [7, 11) is 0. The molecule has 0 atom stereocenters. The molecule has 0 bridgehead atoms. The molecule has 4 nitrogen and oxygen atoms in total. The van der Waals surface area contributed by atoms with Crippen molar-refractivity contribution in [3.05, 3.63) is 39.1 Å². The van der Waals surface area contributed by atoms with Crippen LogP contribution in [0, 0.1) is 0 Å². The second-order valence-electron chi connectivity index (χ2n) is 3.83. The van der Waals surface area contributed by atoms with Gasteiger partial charge in [-0.2, -0.15) is 0 Å². The summed E-state index contributed by atoms with van der Waals surface area (Å²) >= 11 is 6.12. The molecule has 96 valence electrons. The van der Waals surface area contributed by atoms with Crippen molar-refractivity contribution in [3.63, 3.8) is 0 Å². The maximum absolute atomic E-state index is 12.1. The molecule has 3 rings (SSSR count). The van der Waals surface area contributed by atoms with Crippen molar-refractivity contribution in [2.45, 2.75) is 0 Å². The molecule has 0 aliphatic heterocycles. The van der Waals surface area contributed by atoms with Crippen LogP contribution in [0.1, 0.15) is 9.67 Å². The molecule has 0 radical (unpaired) electrons. The van der Waals surface area contributed by atoms with E-state index in [1.807, 2.05) is 24.3 Å². The molecule has 19 heavy (non-hydrogen) atoms. The van der Waals surface area contributed by atoms with E-state index in [1.54, 1.807) is 6.20 Å². The molecule has 0 spiro atoms. The smallest absolute Gasteiger partial charge is 0.267 e. The predicted molar refractivity (Wildman–Crippen MR) is 84.0 cm³/mol. The van der Waals surface area contributed by atoms with Gasteiger partial charge in [0.2, 0.25) is 0 Å². The van der Waals surface area contributed by atoms with Crippen LogP contribution in [0.2, 0.25) is 0 Å². The molecule has 1 aromatic carbocycles. The lowest BCUT2D eigenvalue weighted by Gasteiger charge is -1.96. The number of aromatic nitrogens is 1. The van der Waals surface area contributed by atoms with E-state index in [1.165, 1.54) is 22.7 Å². The highest BCUT2D eigenvalue weighted by molar-refractivity contribution is 9.11. The van der Waals surface area contributed by atoms with Crippen LogP contribution in [-0.4, -0.2) is 10.9 Å². The van der Waals surface area contributed by atoms with Gasteiger partial charge in [-0.3, -0.25) is 10.1 Å². The van der Waals surface area contributed by atoms with Gasteiger partial charge in [0.15, 0.2) is 5.13 Å². The number of nitrogens with two attached hydrogens (primary N) is 1. The van der Waals surface area contributed by atoms with Crippen molar-refractivity contribution in [2.75, 3.05) is 11.1 Å². The number of hydrogen-bond donors (Lipinski definition) is 2. The van der Waals surface area contributed by atoms with E-state index in [0.29, 0.717) is 15.7 Å². The molecule has 2 aromatic heterocycles. The molecule has 0 aliphatic rings. The second kappa shape index (κ2) is 4.92. The third-order valence-electron chi connectivity index (χ3n) is 2.46. The summed E-state index contributed by atoms with van der Waals surface area (Å²) in [5.74, 6) is -0.151. The van der Waals surface area contributed by atoms with Crippen molar-refractivity contribution in [1.29, 1.82) is 0 Å². The van der Waals surface area contributed by atoms with Gasteiger partial charge in [-0.05, 0) is 45.6 Å². The third-order valence-corrected chi connectivity index (χ3v) is 4.97. The van der Waals surface area contributed by atoms with Crippen LogP contribution in [-0.2, 0) is 0 Å². The van der Waals surface area contributed by atoms with Crippen molar-refractivity contribution in [3.8, 4) is 0 Å². The second-order valence-corrected chi connectivity index (χ2v) is 7.33. The molecule has 0 saturated carbocycles. The van der Waals surface area contributed by atoms with Crippen molar-refractivity contribution < 1.29 is 4.79 Å². The summed E-state index contributed by atoms with van der Waals surface area (Å²) in [5, 5.41) is 4.33. The number of amides is 1. The van der Waals surface area contributed by atoms with Gasteiger partial charge >= 0.3 is 0 Å².